The maximum absolute atomic E-state index is 11.7. The molecule has 1 aromatic rings. The predicted octanol–water partition coefficient (Wildman–Crippen LogP) is 0.544. The normalized spacial score (nSPS) is 19.5. The van der Waals surface area contributed by atoms with Crippen molar-refractivity contribution < 1.29 is 9.90 Å². The molecule has 0 spiro atoms. The molecule has 2 rings (SSSR count). The van der Waals surface area contributed by atoms with Crippen LogP contribution in [0.5, 0.6) is 0 Å². The van der Waals surface area contributed by atoms with E-state index in [1.54, 1.807) is 31.0 Å². The van der Waals surface area contributed by atoms with Crippen LogP contribution < -0.4 is 5.32 Å². The fourth-order valence-corrected chi connectivity index (χ4v) is 1.88. The molecule has 17 heavy (non-hydrogen) atoms. The van der Waals surface area contributed by atoms with Gasteiger partial charge in [-0.15, -0.1) is 0 Å². The van der Waals surface area contributed by atoms with Crippen LogP contribution in [0, 0.1) is 5.92 Å². The molecule has 5 nitrogen and oxygen atoms in total. The van der Waals surface area contributed by atoms with Gasteiger partial charge >= 0.3 is 0 Å². The number of carbonyl (C=O) groups is 1. The van der Waals surface area contributed by atoms with Gasteiger partial charge in [-0.25, -0.2) is 0 Å². The van der Waals surface area contributed by atoms with Crippen molar-refractivity contribution in [1.82, 2.24) is 15.1 Å². The molecule has 94 valence electrons. The number of nitrogens with zero attached hydrogens (tertiary/aromatic N) is 2. The largest absolute Gasteiger partial charge is 0.383 e. The van der Waals surface area contributed by atoms with Gasteiger partial charge in [0.25, 0.3) is 0 Å². The van der Waals surface area contributed by atoms with Crippen LogP contribution in [0.4, 0.5) is 0 Å². The van der Waals surface area contributed by atoms with Gasteiger partial charge in [-0.1, -0.05) is 6.42 Å². The minimum atomic E-state index is -1.06. The zero-order valence-electron chi connectivity index (χ0n) is 10.3. The standard InChI is InChI=1S/C12H19N3O2/c1-12(17,10-6-14-15(2)7-10)8-13-11(16)9-4-3-5-9/h6-7,9,17H,3-5,8H2,1-2H3,(H,13,16). The Morgan fingerprint density at radius 1 is 1.71 bits per heavy atom. The summed E-state index contributed by atoms with van der Waals surface area (Å²) in [6, 6.07) is 0. The Labute approximate surface area is 101 Å². The van der Waals surface area contributed by atoms with Crippen molar-refractivity contribution in [2.24, 2.45) is 13.0 Å². The van der Waals surface area contributed by atoms with E-state index >= 15 is 0 Å². The van der Waals surface area contributed by atoms with Crippen LogP contribution in [0.3, 0.4) is 0 Å². The van der Waals surface area contributed by atoms with Gasteiger partial charge in [0.2, 0.25) is 5.91 Å². The van der Waals surface area contributed by atoms with Gasteiger partial charge < -0.3 is 10.4 Å². The molecular weight excluding hydrogens is 218 g/mol. The van der Waals surface area contributed by atoms with Crippen LogP contribution in [0.25, 0.3) is 0 Å². The summed E-state index contributed by atoms with van der Waals surface area (Å²) in [6.45, 7) is 1.92. The third-order valence-electron chi connectivity index (χ3n) is 3.41. The zero-order valence-corrected chi connectivity index (χ0v) is 10.3. The van der Waals surface area contributed by atoms with Gasteiger partial charge in [0.1, 0.15) is 5.60 Å². The van der Waals surface area contributed by atoms with Crippen molar-refractivity contribution in [3.63, 3.8) is 0 Å². The van der Waals surface area contributed by atoms with Crippen molar-refractivity contribution >= 4 is 5.91 Å². The van der Waals surface area contributed by atoms with E-state index in [2.05, 4.69) is 10.4 Å². The Morgan fingerprint density at radius 2 is 2.41 bits per heavy atom. The lowest BCUT2D eigenvalue weighted by atomic mass is 9.84. The third kappa shape index (κ3) is 2.66. The molecule has 0 bridgehead atoms. The van der Waals surface area contributed by atoms with E-state index in [0.29, 0.717) is 5.56 Å². The first-order chi connectivity index (χ1) is 7.99. The maximum Gasteiger partial charge on any atom is 0.223 e. The summed E-state index contributed by atoms with van der Waals surface area (Å²) in [5.41, 5.74) is -0.345. The Kier molecular flexibility index (Phi) is 3.19. The van der Waals surface area contributed by atoms with E-state index in [9.17, 15) is 9.90 Å². The summed E-state index contributed by atoms with van der Waals surface area (Å²) in [6.07, 6.45) is 6.46. The number of hydrogen-bond donors (Lipinski definition) is 2. The van der Waals surface area contributed by atoms with E-state index in [1.165, 1.54) is 0 Å². The Bertz CT molecular complexity index is 408. The highest BCUT2D eigenvalue weighted by molar-refractivity contribution is 5.79. The second-order valence-electron chi connectivity index (χ2n) is 5.02. The van der Waals surface area contributed by atoms with Crippen molar-refractivity contribution in [1.29, 1.82) is 0 Å². The molecule has 0 radical (unpaired) electrons. The zero-order chi connectivity index (χ0) is 12.5. The second kappa shape index (κ2) is 4.49. The summed E-state index contributed by atoms with van der Waals surface area (Å²) in [5.74, 6) is 0.208. The van der Waals surface area contributed by atoms with E-state index in [4.69, 9.17) is 0 Å². The first-order valence-corrected chi connectivity index (χ1v) is 5.98. The number of amides is 1. The fraction of sp³-hybridized carbons (Fsp3) is 0.667. The van der Waals surface area contributed by atoms with Gasteiger partial charge in [-0.05, 0) is 19.8 Å². The van der Waals surface area contributed by atoms with Crippen molar-refractivity contribution in [3.05, 3.63) is 18.0 Å². The Morgan fingerprint density at radius 3 is 2.88 bits per heavy atom. The summed E-state index contributed by atoms with van der Waals surface area (Å²) < 4.78 is 1.64. The fourth-order valence-electron chi connectivity index (χ4n) is 1.88. The lowest BCUT2D eigenvalue weighted by molar-refractivity contribution is -0.128. The van der Waals surface area contributed by atoms with E-state index in [-0.39, 0.29) is 18.4 Å². The summed E-state index contributed by atoms with van der Waals surface area (Å²) in [7, 11) is 1.80. The number of aromatic nitrogens is 2. The van der Waals surface area contributed by atoms with Crippen molar-refractivity contribution in [2.75, 3.05) is 6.54 Å². The summed E-state index contributed by atoms with van der Waals surface area (Å²) in [5, 5.41) is 17.1. The summed E-state index contributed by atoms with van der Waals surface area (Å²) in [4.78, 5) is 11.7. The molecule has 2 N–H and O–H groups in total. The van der Waals surface area contributed by atoms with E-state index in [1.807, 2.05) is 0 Å². The molecule has 0 aromatic carbocycles. The molecule has 1 heterocycles. The first-order valence-electron chi connectivity index (χ1n) is 5.98. The smallest absolute Gasteiger partial charge is 0.223 e. The second-order valence-corrected chi connectivity index (χ2v) is 5.02. The molecule has 1 amide bonds. The van der Waals surface area contributed by atoms with Crippen molar-refractivity contribution in [2.45, 2.75) is 31.8 Å². The molecule has 1 aliphatic rings. The maximum atomic E-state index is 11.7. The number of nitrogens with one attached hydrogen (secondary N) is 1. The molecule has 1 aliphatic carbocycles. The van der Waals surface area contributed by atoms with Gasteiger partial charge in [-0.3, -0.25) is 9.48 Å². The highest BCUT2D eigenvalue weighted by atomic mass is 16.3. The molecule has 5 heteroatoms. The molecular formula is C12H19N3O2. The third-order valence-corrected chi connectivity index (χ3v) is 3.41. The van der Waals surface area contributed by atoms with Gasteiger partial charge in [0.15, 0.2) is 0 Å². The van der Waals surface area contributed by atoms with Crippen LogP contribution >= 0.6 is 0 Å². The average molecular weight is 237 g/mol. The predicted molar refractivity (Wildman–Crippen MR) is 63.1 cm³/mol. The van der Waals surface area contributed by atoms with E-state index < -0.39 is 5.60 Å². The molecule has 1 saturated carbocycles. The Balaban J connectivity index is 1.90. The number of hydrogen-bond acceptors (Lipinski definition) is 3. The number of aryl methyl sites for hydroxylation is 1. The number of aliphatic hydroxyl groups is 1. The van der Waals surface area contributed by atoms with Crippen LogP contribution in [0.15, 0.2) is 12.4 Å². The van der Waals surface area contributed by atoms with Crippen LogP contribution in [-0.4, -0.2) is 27.3 Å². The summed E-state index contributed by atoms with van der Waals surface area (Å²) >= 11 is 0. The van der Waals surface area contributed by atoms with E-state index in [0.717, 1.165) is 19.3 Å². The van der Waals surface area contributed by atoms with Crippen molar-refractivity contribution in [3.8, 4) is 0 Å². The molecule has 1 atom stereocenters. The highest BCUT2D eigenvalue weighted by Gasteiger charge is 2.29. The molecule has 1 fully saturated rings. The number of rotatable bonds is 4. The first kappa shape index (κ1) is 12.1. The topological polar surface area (TPSA) is 67.2 Å². The number of carbonyl (C=O) groups excluding carboxylic acids is 1. The molecule has 1 unspecified atom stereocenters. The van der Waals surface area contributed by atoms with Gasteiger partial charge in [-0.2, -0.15) is 5.10 Å². The quantitative estimate of drug-likeness (QED) is 0.803. The van der Waals surface area contributed by atoms with Gasteiger partial charge in [0, 0.05) is 24.7 Å². The Hall–Kier alpha value is -1.36. The van der Waals surface area contributed by atoms with Gasteiger partial charge in [0.05, 0.1) is 12.7 Å². The highest BCUT2D eigenvalue weighted by Crippen LogP contribution is 2.26. The lowest BCUT2D eigenvalue weighted by Gasteiger charge is -2.27. The molecule has 0 saturated heterocycles. The minimum Gasteiger partial charge on any atom is -0.383 e. The van der Waals surface area contributed by atoms with Crippen LogP contribution in [0.2, 0.25) is 0 Å². The minimum absolute atomic E-state index is 0.0559. The molecule has 0 aliphatic heterocycles. The molecule has 1 aromatic heterocycles. The monoisotopic (exact) mass is 237 g/mol. The lowest BCUT2D eigenvalue weighted by Crippen LogP contribution is -2.42. The van der Waals surface area contributed by atoms with Crippen LogP contribution in [-0.2, 0) is 17.4 Å². The average Bonchev–Trinajstić information content (AvgIpc) is 2.60. The SMILES string of the molecule is Cn1cc(C(C)(O)CNC(=O)C2CCC2)cn1. The van der Waals surface area contributed by atoms with Crippen LogP contribution in [0.1, 0.15) is 31.7 Å².